The average Bonchev–Trinajstić information content (AvgIpc) is 2.48. The van der Waals surface area contributed by atoms with Crippen LogP contribution < -0.4 is 5.73 Å². The molecule has 0 spiro atoms. The van der Waals surface area contributed by atoms with Gasteiger partial charge >= 0.3 is 0 Å². The minimum Gasteiger partial charge on any atom is -0.379 e. The summed E-state index contributed by atoms with van der Waals surface area (Å²) in [6.45, 7) is 2.08. The van der Waals surface area contributed by atoms with E-state index in [9.17, 15) is 5.11 Å². The highest BCUT2D eigenvalue weighted by Crippen LogP contribution is 2.33. The molecule has 3 N–H and O–H groups in total. The number of hydrogen-bond acceptors (Lipinski definition) is 2. The zero-order valence-electron chi connectivity index (χ0n) is 11.3. The number of rotatable bonds is 5. The van der Waals surface area contributed by atoms with Crippen LogP contribution in [0.2, 0.25) is 0 Å². The van der Waals surface area contributed by atoms with Crippen LogP contribution in [0.25, 0.3) is 0 Å². The lowest BCUT2D eigenvalue weighted by Gasteiger charge is -2.35. The lowest BCUT2D eigenvalue weighted by molar-refractivity contribution is 0.0483. The first kappa shape index (κ1) is 13.8. The van der Waals surface area contributed by atoms with Gasteiger partial charge in [0.25, 0.3) is 0 Å². The average molecular weight is 255 g/mol. The third-order valence-electron chi connectivity index (χ3n) is 3.56. The molecule has 0 aliphatic heterocycles. The fraction of sp³-hybridized carbons (Fsp3) is 0.294. The van der Waals surface area contributed by atoms with E-state index in [1.165, 1.54) is 0 Å². The second kappa shape index (κ2) is 6.00. The molecule has 1 unspecified atom stereocenters. The van der Waals surface area contributed by atoms with Gasteiger partial charge in [-0.3, -0.25) is 0 Å². The van der Waals surface area contributed by atoms with E-state index in [1.807, 2.05) is 60.7 Å². The van der Waals surface area contributed by atoms with Crippen LogP contribution in [0.5, 0.6) is 0 Å². The molecule has 0 fully saturated rings. The van der Waals surface area contributed by atoms with Crippen LogP contribution in [0, 0.1) is 0 Å². The summed E-state index contributed by atoms with van der Waals surface area (Å²) in [6, 6.07) is 19.0. The zero-order valence-corrected chi connectivity index (χ0v) is 11.3. The second-order valence-corrected chi connectivity index (χ2v) is 4.89. The Labute approximate surface area is 114 Å². The monoisotopic (exact) mass is 255 g/mol. The molecule has 1 atom stereocenters. The van der Waals surface area contributed by atoms with E-state index in [2.05, 4.69) is 6.92 Å². The Bertz CT molecular complexity index is 456. The van der Waals surface area contributed by atoms with Crippen molar-refractivity contribution in [1.29, 1.82) is 0 Å². The van der Waals surface area contributed by atoms with Crippen molar-refractivity contribution in [3.63, 3.8) is 0 Å². The Morgan fingerprint density at radius 3 is 1.74 bits per heavy atom. The SMILES string of the molecule is CCCC(N)C(O)(c1ccccc1)c1ccccc1. The summed E-state index contributed by atoms with van der Waals surface area (Å²) in [7, 11) is 0. The molecule has 0 amide bonds. The van der Waals surface area contributed by atoms with E-state index in [0.717, 1.165) is 24.0 Å². The van der Waals surface area contributed by atoms with Crippen LogP contribution in [0.3, 0.4) is 0 Å². The maximum atomic E-state index is 11.2. The summed E-state index contributed by atoms with van der Waals surface area (Å²) in [5, 5.41) is 11.2. The minimum absolute atomic E-state index is 0.317. The van der Waals surface area contributed by atoms with Crippen molar-refractivity contribution in [1.82, 2.24) is 0 Å². The first-order valence-electron chi connectivity index (χ1n) is 6.78. The third kappa shape index (κ3) is 2.70. The van der Waals surface area contributed by atoms with Crippen molar-refractivity contribution < 1.29 is 5.11 Å². The van der Waals surface area contributed by atoms with E-state index in [0.29, 0.717) is 0 Å². The molecule has 0 radical (unpaired) electrons. The maximum Gasteiger partial charge on any atom is 0.130 e. The minimum atomic E-state index is -1.13. The van der Waals surface area contributed by atoms with Gasteiger partial charge in [0.05, 0.1) is 0 Å². The van der Waals surface area contributed by atoms with Gasteiger partial charge in [0, 0.05) is 6.04 Å². The molecule has 0 aromatic heterocycles. The molecule has 100 valence electrons. The van der Waals surface area contributed by atoms with Gasteiger partial charge in [-0.1, -0.05) is 74.0 Å². The van der Waals surface area contributed by atoms with E-state index >= 15 is 0 Å². The van der Waals surface area contributed by atoms with Crippen LogP contribution in [-0.4, -0.2) is 11.1 Å². The summed E-state index contributed by atoms with van der Waals surface area (Å²) in [5.41, 5.74) is 6.85. The predicted molar refractivity (Wildman–Crippen MR) is 78.8 cm³/mol. The molecular formula is C17H21NO. The largest absolute Gasteiger partial charge is 0.379 e. The summed E-state index contributed by atoms with van der Waals surface area (Å²) in [5.74, 6) is 0. The summed E-state index contributed by atoms with van der Waals surface area (Å²) < 4.78 is 0. The van der Waals surface area contributed by atoms with Crippen LogP contribution in [0.15, 0.2) is 60.7 Å². The van der Waals surface area contributed by atoms with E-state index in [1.54, 1.807) is 0 Å². The summed E-state index contributed by atoms with van der Waals surface area (Å²) >= 11 is 0. The molecular weight excluding hydrogens is 234 g/mol. The molecule has 0 saturated carbocycles. The Hall–Kier alpha value is -1.64. The molecule has 2 rings (SSSR count). The molecule has 2 aromatic rings. The predicted octanol–water partition coefficient (Wildman–Crippen LogP) is 3.05. The third-order valence-corrected chi connectivity index (χ3v) is 3.56. The van der Waals surface area contributed by atoms with Crippen molar-refractivity contribution in [2.24, 2.45) is 5.73 Å². The first-order valence-corrected chi connectivity index (χ1v) is 6.78. The molecule has 0 aliphatic carbocycles. The van der Waals surface area contributed by atoms with Crippen molar-refractivity contribution in [3.05, 3.63) is 71.8 Å². The lowest BCUT2D eigenvalue weighted by atomic mass is 9.79. The standard InChI is InChI=1S/C17H21NO/c1-2-9-16(18)17(19,14-10-5-3-6-11-14)15-12-7-4-8-13-15/h3-8,10-13,16,19H,2,9,18H2,1H3. The van der Waals surface area contributed by atoms with Gasteiger partial charge in [0.15, 0.2) is 0 Å². The van der Waals surface area contributed by atoms with Crippen molar-refractivity contribution in [2.75, 3.05) is 0 Å². The molecule has 0 bridgehead atoms. The highest BCUT2D eigenvalue weighted by Gasteiger charge is 2.37. The fourth-order valence-electron chi connectivity index (χ4n) is 2.50. The van der Waals surface area contributed by atoms with E-state index in [4.69, 9.17) is 5.73 Å². The normalized spacial score (nSPS) is 13.2. The van der Waals surface area contributed by atoms with Gasteiger partial charge < -0.3 is 10.8 Å². The zero-order chi connectivity index (χ0) is 13.7. The Balaban J connectivity index is 2.51. The van der Waals surface area contributed by atoms with Gasteiger partial charge in [-0.2, -0.15) is 0 Å². The summed E-state index contributed by atoms with van der Waals surface area (Å²) in [4.78, 5) is 0. The van der Waals surface area contributed by atoms with Gasteiger partial charge in [0.2, 0.25) is 0 Å². The number of nitrogens with two attached hydrogens (primary N) is 1. The molecule has 19 heavy (non-hydrogen) atoms. The topological polar surface area (TPSA) is 46.2 Å². The van der Waals surface area contributed by atoms with Crippen LogP contribution >= 0.6 is 0 Å². The first-order chi connectivity index (χ1) is 9.19. The highest BCUT2D eigenvalue weighted by atomic mass is 16.3. The van der Waals surface area contributed by atoms with Crippen LogP contribution in [-0.2, 0) is 5.60 Å². The van der Waals surface area contributed by atoms with Gasteiger partial charge in [0.1, 0.15) is 5.60 Å². The van der Waals surface area contributed by atoms with Crippen molar-refractivity contribution >= 4 is 0 Å². The van der Waals surface area contributed by atoms with Gasteiger partial charge in [-0.15, -0.1) is 0 Å². The van der Waals surface area contributed by atoms with E-state index in [-0.39, 0.29) is 6.04 Å². The van der Waals surface area contributed by atoms with E-state index < -0.39 is 5.60 Å². The number of benzene rings is 2. The molecule has 2 nitrogen and oxygen atoms in total. The Morgan fingerprint density at radius 1 is 0.947 bits per heavy atom. The highest BCUT2D eigenvalue weighted by molar-refractivity contribution is 5.37. The van der Waals surface area contributed by atoms with Crippen molar-refractivity contribution in [3.8, 4) is 0 Å². The molecule has 0 heterocycles. The Kier molecular flexibility index (Phi) is 4.35. The van der Waals surface area contributed by atoms with Gasteiger partial charge in [-0.05, 0) is 17.5 Å². The van der Waals surface area contributed by atoms with Crippen molar-refractivity contribution in [2.45, 2.75) is 31.4 Å². The fourth-order valence-corrected chi connectivity index (χ4v) is 2.50. The van der Waals surface area contributed by atoms with Gasteiger partial charge in [-0.25, -0.2) is 0 Å². The molecule has 0 aliphatic rings. The van der Waals surface area contributed by atoms with Crippen LogP contribution in [0.4, 0.5) is 0 Å². The second-order valence-electron chi connectivity index (χ2n) is 4.89. The lowest BCUT2D eigenvalue weighted by Crippen LogP contribution is -2.46. The summed E-state index contributed by atoms with van der Waals surface area (Å²) in [6.07, 6.45) is 1.73. The molecule has 2 aromatic carbocycles. The number of aliphatic hydroxyl groups is 1. The molecule has 0 saturated heterocycles. The maximum absolute atomic E-state index is 11.2. The van der Waals surface area contributed by atoms with Crippen LogP contribution in [0.1, 0.15) is 30.9 Å². The smallest absolute Gasteiger partial charge is 0.130 e. The Morgan fingerprint density at radius 2 is 1.37 bits per heavy atom. The number of hydrogen-bond donors (Lipinski definition) is 2. The quantitative estimate of drug-likeness (QED) is 0.862. The molecule has 2 heteroatoms.